The van der Waals surface area contributed by atoms with Gasteiger partial charge >= 0.3 is 5.97 Å². The Hall–Kier alpha value is -2.16. The molecule has 1 heterocycles. The molecule has 0 amide bonds. The number of carbonyl (C=O) groups is 1. The van der Waals surface area contributed by atoms with E-state index in [2.05, 4.69) is 47.8 Å². The maximum absolute atomic E-state index is 12.1. The highest BCUT2D eigenvalue weighted by Crippen LogP contribution is 2.47. The summed E-state index contributed by atoms with van der Waals surface area (Å²) in [5.41, 5.74) is 2.17. The molecule has 1 aliphatic heterocycles. The largest absolute Gasteiger partial charge is 0.505 e. The summed E-state index contributed by atoms with van der Waals surface area (Å²) >= 11 is 9.92. The summed E-state index contributed by atoms with van der Waals surface area (Å²) in [6, 6.07) is 11.2. The number of fused-ring (bicyclic) bond motifs is 2. The molecule has 0 fully saturated rings. The molecule has 5 nitrogen and oxygen atoms in total. The highest BCUT2D eigenvalue weighted by atomic mass is 79.9. The Balaban J connectivity index is 2.24. The number of benzene rings is 3. The third-order valence-corrected chi connectivity index (χ3v) is 6.29. The Morgan fingerprint density at radius 3 is 2.46 bits per heavy atom. The van der Waals surface area contributed by atoms with Gasteiger partial charge in [-0.25, -0.2) is 4.79 Å². The summed E-state index contributed by atoms with van der Waals surface area (Å²) in [4.78, 5) is 23.6. The van der Waals surface area contributed by atoms with E-state index in [1.807, 2.05) is 0 Å². The van der Waals surface area contributed by atoms with Crippen molar-refractivity contribution in [3.05, 3.63) is 71.7 Å². The third kappa shape index (κ3) is 3.05. The Bertz CT molecular complexity index is 1310. The summed E-state index contributed by atoms with van der Waals surface area (Å²) < 4.78 is 7.05. The Labute approximate surface area is 183 Å². The number of hydrogen-bond acceptors (Lipinski definition) is 4. The molecule has 0 aromatic heterocycles. The van der Waals surface area contributed by atoms with Crippen molar-refractivity contribution in [2.45, 2.75) is 0 Å². The molecule has 0 saturated heterocycles. The van der Waals surface area contributed by atoms with Crippen LogP contribution in [-0.4, -0.2) is 16.2 Å². The van der Waals surface area contributed by atoms with E-state index in [0.717, 1.165) is 0 Å². The fourth-order valence-corrected chi connectivity index (χ4v) is 4.61. The number of phenolic OH excluding ortho intramolecular Hbond substituents is 1. The predicted molar refractivity (Wildman–Crippen MR) is 116 cm³/mol. The summed E-state index contributed by atoms with van der Waals surface area (Å²) in [6.45, 7) is 0. The van der Waals surface area contributed by atoms with Crippen LogP contribution in [0.1, 0.15) is 10.4 Å². The molecule has 140 valence electrons. The highest BCUT2D eigenvalue weighted by Gasteiger charge is 2.23. The third-order valence-electron chi connectivity index (χ3n) is 4.33. The van der Waals surface area contributed by atoms with Crippen molar-refractivity contribution in [1.29, 1.82) is 0 Å². The summed E-state index contributed by atoms with van der Waals surface area (Å²) in [6.07, 6.45) is 0. The molecule has 2 aliphatic rings. The van der Waals surface area contributed by atoms with Crippen molar-refractivity contribution >= 4 is 64.7 Å². The fraction of sp³-hybridized carbons (Fsp3) is 0. The van der Waals surface area contributed by atoms with Gasteiger partial charge in [-0.15, -0.1) is 0 Å². The van der Waals surface area contributed by atoms with Crippen molar-refractivity contribution in [3.63, 3.8) is 0 Å². The van der Waals surface area contributed by atoms with E-state index in [1.54, 1.807) is 30.3 Å². The van der Waals surface area contributed by atoms with E-state index >= 15 is 0 Å². The molecule has 0 spiro atoms. The van der Waals surface area contributed by atoms with Gasteiger partial charge in [0.25, 0.3) is 0 Å². The van der Waals surface area contributed by atoms with E-state index in [9.17, 15) is 19.8 Å². The quantitative estimate of drug-likeness (QED) is 0.279. The Morgan fingerprint density at radius 2 is 1.75 bits per heavy atom. The van der Waals surface area contributed by atoms with Crippen LogP contribution >= 0.6 is 47.8 Å². The highest BCUT2D eigenvalue weighted by molar-refractivity contribution is 9.11. The Kier molecular flexibility index (Phi) is 4.81. The monoisotopic (exact) mass is 566 g/mol. The lowest BCUT2D eigenvalue weighted by molar-refractivity contribution is 0.0697. The predicted octanol–water partition coefficient (Wildman–Crippen LogP) is 6.26. The smallest absolute Gasteiger partial charge is 0.335 e. The molecule has 2 aromatic rings. The van der Waals surface area contributed by atoms with Crippen LogP contribution in [0.4, 0.5) is 0 Å². The van der Waals surface area contributed by atoms with Crippen LogP contribution in [0.2, 0.25) is 0 Å². The number of hydrogen-bond donors (Lipinski definition) is 2. The second-order valence-corrected chi connectivity index (χ2v) is 8.54. The first-order valence-electron chi connectivity index (χ1n) is 7.88. The lowest BCUT2D eigenvalue weighted by Gasteiger charge is -2.17. The molecule has 0 unspecified atom stereocenters. The van der Waals surface area contributed by atoms with Gasteiger partial charge in [-0.05, 0) is 77.6 Å². The van der Waals surface area contributed by atoms with Gasteiger partial charge in [0, 0.05) is 22.6 Å². The van der Waals surface area contributed by atoms with Crippen LogP contribution < -0.4 is 5.43 Å². The molecule has 2 aromatic carbocycles. The molecule has 2 N–H and O–H groups in total. The molecule has 0 saturated carbocycles. The normalized spacial score (nSPS) is 11.2. The summed E-state index contributed by atoms with van der Waals surface area (Å²) in [7, 11) is 0. The van der Waals surface area contributed by atoms with E-state index in [-0.39, 0.29) is 16.7 Å². The second kappa shape index (κ2) is 7.02. The zero-order valence-electron chi connectivity index (χ0n) is 13.8. The van der Waals surface area contributed by atoms with Gasteiger partial charge < -0.3 is 14.6 Å². The molecule has 1 aliphatic carbocycles. The fourth-order valence-electron chi connectivity index (χ4n) is 3.07. The number of aromatic hydroxyl groups is 1. The van der Waals surface area contributed by atoms with Gasteiger partial charge in [-0.1, -0.05) is 12.1 Å². The number of carboxylic acid groups (broad SMARTS) is 1. The van der Waals surface area contributed by atoms with Crippen molar-refractivity contribution in [3.8, 4) is 28.2 Å². The lowest BCUT2D eigenvalue weighted by atomic mass is 9.93. The molecular formula is C20H9Br3O5. The number of halogens is 3. The van der Waals surface area contributed by atoms with Crippen LogP contribution in [0.25, 0.3) is 33.4 Å². The molecule has 4 rings (SSSR count). The van der Waals surface area contributed by atoms with E-state index in [4.69, 9.17) is 4.42 Å². The molecule has 8 heteroatoms. The van der Waals surface area contributed by atoms with Crippen molar-refractivity contribution < 1.29 is 19.4 Å². The number of aromatic carboxylic acids is 1. The maximum atomic E-state index is 12.1. The van der Waals surface area contributed by atoms with Crippen LogP contribution in [0.15, 0.2) is 65.1 Å². The van der Waals surface area contributed by atoms with Gasteiger partial charge in [-0.3, -0.25) is 4.79 Å². The van der Waals surface area contributed by atoms with Gasteiger partial charge in [0.2, 0.25) is 0 Å². The van der Waals surface area contributed by atoms with Crippen molar-refractivity contribution in [2.75, 3.05) is 0 Å². The SMILES string of the molecule is O=C(O)c1cccc(-c2c3cc(Br)c(=O)cc-3oc3c(Br)c(O)c(Br)cc23)c1. The standard InChI is InChI=1S/C20H9Br3O5/c21-12-5-10-15(7-14(12)24)28-19-11(6-13(22)18(25)17(19)23)16(10)8-2-1-3-9(4-8)20(26)27/h1-7,25H,(H,26,27). The second-order valence-electron chi connectivity index (χ2n) is 6.04. The average Bonchev–Trinajstić information content (AvgIpc) is 2.66. The van der Waals surface area contributed by atoms with Crippen molar-refractivity contribution in [2.24, 2.45) is 0 Å². The number of phenols is 1. The Morgan fingerprint density at radius 1 is 1.00 bits per heavy atom. The van der Waals surface area contributed by atoms with E-state index in [1.165, 1.54) is 12.1 Å². The molecular weight excluding hydrogens is 560 g/mol. The molecule has 0 bridgehead atoms. The number of rotatable bonds is 2. The first kappa shape index (κ1) is 19.2. The number of carboxylic acids is 1. The van der Waals surface area contributed by atoms with Gasteiger partial charge in [0.15, 0.2) is 11.0 Å². The van der Waals surface area contributed by atoms with Gasteiger partial charge in [0.1, 0.15) is 16.0 Å². The first-order chi connectivity index (χ1) is 13.3. The van der Waals surface area contributed by atoms with Crippen LogP contribution in [0, 0.1) is 0 Å². The minimum atomic E-state index is -1.04. The summed E-state index contributed by atoms with van der Waals surface area (Å²) in [5.74, 6) is -0.766. The zero-order chi connectivity index (χ0) is 20.2. The maximum Gasteiger partial charge on any atom is 0.335 e. The van der Waals surface area contributed by atoms with Crippen LogP contribution in [0.5, 0.6) is 5.75 Å². The molecule has 0 radical (unpaired) electrons. The summed E-state index contributed by atoms with van der Waals surface area (Å²) in [5, 5.41) is 20.3. The first-order valence-corrected chi connectivity index (χ1v) is 10.3. The minimum absolute atomic E-state index is 0.0414. The molecule has 28 heavy (non-hydrogen) atoms. The average molecular weight is 569 g/mol. The van der Waals surface area contributed by atoms with Gasteiger partial charge in [-0.2, -0.15) is 0 Å². The minimum Gasteiger partial charge on any atom is -0.505 e. The van der Waals surface area contributed by atoms with Crippen LogP contribution in [-0.2, 0) is 0 Å². The van der Waals surface area contributed by atoms with Gasteiger partial charge in [0.05, 0.1) is 14.5 Å². The lowest BCUT2D eigenvalue weighted by Crippen LogP contribution is -2.03. The molecule has 0 atom stereocenters. The van der Waals surface area contributed by atoms with E-state index < -0.39 is 5.97 Å². The van der Waals surface area contributed by atoms with Crippen LogP contribution in [0.3, 0.4) is 0 Å². The topological polar surface area (TPSA) is 87.7 Å². The van der Waals surface area contributed by atoms with Crippen molar-refractivity contribution in [1.82, 2.24) is 0 Å². The van der Waals surface area contributed by atoms with E-state index in [0.29, 0.717) is 46.8 Å². The zero-order valence-corrected chi connectivity index (χ0v) is 18.6.